The summed E-state index contributed by atoms with van der Waals surface area (Å²) in [5.41, 5.74) is 2.49. The van der Waals surface area contributed by atoms with Gasteiger partial charge in [-0.1, -0.05) is 24.3 Å². The molecule has 12 heavy (non-hydrogen) atoms. The van der Waals surface area contributed by atoms with Crippen molar-refractivity contribution in [3.63, 3.8) is 0 Å². The first-order valence-electron chi connectivity index (χ1n) is 4.17. The predicted molar refractivity (Wildman–Crippen MR) is 54.3 cm³/mol. The maximum absolute atomic E-state index is 2.17. The van der Waals surface area contributed by atoms with Gasteiger partial charge in [0.2, 0.25) is 0 Å². The third-order valence-electron chi connectivity index (χ3n) is 2.09. The summed E-state index contributed by atoms with van der Waals surface area (Å²) in [5, 5.41) is 0. The lowest BCUT2D eigenvalue weighted by molar-refractivity contribution is 1.08. The lowest BCUT2D eigenvalue weighted by atomic mass is 10.3. The van der Waals surface area contributed by atoms with Crippen molar-refractivity contribution in [2.24, 2.45) is 0 Å². The Bertz CT molecular complexity index is 262. The van der Waals surface area contributed by atoms with Crippen molar-refractivity contribution >= 4 is 5.69 Å². The van der Waals surface area contributed by atoms with Gasteiger partial charge in [-0.15, -0.1) is 0 Å². The average molecular weight is 161 g/mol. The number of hydrogen-bond acceptors (Lipinski definition) is 1. The first-order chi connectivity index (χ1) is 5.75. The van der Waals surface area contributed by atoms with Crippen molar-refractivity contribution in [2.75, 3.05) is 11.9 Å². The van der Waals surface area contributed by atoms with Crippen LogP contribution in [0.2, 0.25) is 0 Å². The van der Waals surface area contributed by atoms with E-state index in [0.717, 1.165) is 0 Å². The van der Waals surface area contributed by atoms with Crippen LogP contribution in [0.1, 0.15) is 13.8 Å². The second kappa shape index (κ2) is 3.96. The van der Waals surface area contributed by atoms with E-state index in [9.17, 15) is 0 Å². The monoisotopic (exact) mass is 161 g/mol. The predicted octanol–water partition coefficient (Wildman–Crippen LogP) is 3.05. The van der Waals surface area contributed by atoms with Crippen LogP contribution in [0.25, 0.3) is 0 Å². The molecule has 0 radical (unpaired) electrons. The highest BCUT2D eigenvalue weighted by molar-refractivity contribution is 5.50. The Morgan fingerprint density at radius 2 is 1.83 bits per heavy atom. The molecule has 1 rings (SSSR count). The summed E-state index contributed by atoms with van der Waals surface area (Å²) < 4.78 is 0. The molecule has 64 valence electrons. The van der Waals surface area contributed by atoms with Gasteiger partial charge in [-0.2, -0.15) is 0 Å². The average Bonchev–Trinajstić information content (AvgIpc) is 2.17. The van der Waals surface area contributed by atoms with E-state index in [0.29, 0.717) is 0 Å². The molecule has 0 aliphatic heterocycles. The minimum Gasteiger partial charge on any atom is -0.349 e. The molecule has 0 saturated carbocycles. The van der Waals surface area contributed by atoms with Gasteiger partial charge in [0.25, 0.3) is 0 Å². The van der Waals surface area contributed by atoms with Gasteiger partial charge < -0.3 is 4.90 Å². The fourth-order valence-electron chi connectivity index (χ4n) is 1.05. The fourth-order valence-corrected chi connectivity index (χ4v) is 1.05. The van der Waals surface area contributed by atoms with Crippen molar-refractivity contribution in [1.82, 2.24) is 0 Å². The SMILES string of the molecule is C/C=C(/C)N(C)c1ccccc1. The molecule has 0 atom stereocenters. The minimum absolute atomic E-state index is 1.23. The standard InChI is InChI=1S/C11H15N/c1-4-10(2)12(3)11-8-6-5-7-9-11/h4-9H,1-3H3/b10-4-. The van der Waals surface area contributed by atoms with Crippen molar-refractivity contribution < 1.29 is 0 Å². The van der Waals surface area contributed by atoms with Crippen LogP contribution >= 0.6 is 0 Å². The van der Waals surface area contributed by atoms with Gasteiger partial charge in [0.15, 0.2) is 0 Å². The topological polar surface area (TPSA) is 3.24 Å². The van der Waals surface area contributed by atoms with Gasteiger partial charge >= 0.3 is 0 Å². The van der Waals surface area contributed by atoms with Gasteiger partial charge in [-0.3, -0.25) is 0 Å². The van der Waals surface area contributed by atoms with Gasteiger partial charge in [0.1, 0.15) is 0 Å². The van der Waals surface area contributed by atoms with Crippen molar-refractivity contribution in [3.8, 4) is 0 Å². The van der Waals surface area contributed by atoms with Crippen LogP contribution in [0, 0.1) is 0 Å². The van der Waals surface area contributed by atoms with Crippen LogP contribution < -0.4 is 4.90 Å². The third-order valence-corrected chi connectivity index (χ3v) is 2.09. The van der Waals surface area contributed by atoms with E-state index >= 15 is 0 Å². The molecular weight excluding hydrogens is 146 g/mol. The molecule has 0 aliphatic carbocycles. The Morgan fingerprint density at radius 3 is 2.33 bits per heavy atom. The molecule has 0 bridgehead atoms. The smallest absolute Gasteiger partial charge is 0.0405 e. The van der Waals surface area contributed by atoms with Crippen LogP contribution in [0.3, 0.4) is 0 Å². The van der Waals surface area contributed by atoms with E-state index in [2.05, 4.69) is 56.1 Å². The highest BCUT2D eigenvalue weighted by Crippen LogP contribution is 2.15. The van der Waals surface area contributed by atoms with E-state index in [1.807, 2.05) is 6.07 Å². The molecule has 0 unspecified atom stereocenters. The number of rotatable bonds is 2. The second-order valence-corrected chi connectivity index (χ2v) is 2.82. The van der Waals surface area contributed by atoms with Gasteiger partial charge in [-0.25, -0.2) is 0 Å². The first kappa shape index (κ1) is 8.85. The van der Waals surface area contributed by atoms with Gasteiger partial charge in [0, 0.05) is 18.4 Å². The summed E-state index contributed by atoms with van der Waals surface area (Å²) in [4.78, 5) is 2.17. The maximum atomic E-state index is 2.17. The molecule has 1 nitrogen and oxygen atoms in total. The van der Waals surface area contributed by atoms with Crippen LogP contribution in [0.15, 0.2) is 42.1 Å². The molecule has 0 N–H and O–H groups in total. The highest BCUT2D eigenvalue weighted by atomic mass is 15.1. The summed E-state index contributed by atoms with van der Waals surface area (Å²) in [6, 6.07) is 10.3. The molecule has 0 saturated heterocycles. The molecule has 0 amide bonds. The molecule has 0 aliphatic rings. The summed E-state index contributed by atoms with van der Waals surface area (Å²) in [5.74, 6) is 0. The zero-order valence-corrected chi connectivity index (χ0v) is 7.91. The number of anilines is 1. The molecule has 0 fully saturated rings. The highest BCUT2D eigenvalue weighted by Gasteiger charge is 1.98. The zero-order chi connectivity index (χ0) is 8.97. The molecule has 0 spiro atoms. The number of nitrogens with zero attached hydrogens (tertiary/aromatic N) is 1. The lowest BCUT2D eigenvalue weighted by Gasteiger charge is -2.19. The maximum Gasteiger partial charge on any atom is 0.0405 e. The normalized spacial score (nSPS) is 11.4. The molecule has 1 aromatic carbocycles. The number of benzene rings is 1. The van der Waals surface area contributed by atoms with Crippen molar-refractivity contribution in [1.29, 1.82) is 0 Å². The first-order valence-corrected chi connectivity index (χ1v) is 4.17. The van der Waals surface area contributed by atoms with Crippen molar-refractivity contribution in [3.05, 3.63) is 42.1 Å². The largest absolute Gasteiger partial charge is 0.349 e. The molecule has 0 heterocycles. The minimum atomic E-state index is 1.23. The molecule has 0 aromatic heterocycles. The summed E-state index contributed by atoms with van der Waals surface area (Å²) in [6.07, 6.45) is 2.10. The Morgan fingerprint density at radius 1 is 1.25 bits per heavy atom. The Kier molecular flexibility index (Phi) is 2.92. The van der Waals surface area contributed by atoms with Gasteiger partial charge in [0.05, 0.1) is 0 Å². The Balaban J connectivity index is 2.86. The van der Waals surface area contributed by atoms with Crippen LogP contribution in [0.4, 0.5) is 5.69 Å². The zero-order valence-electron chi connectivity index (χ0n) is 7.91. The van der Waals surface area contributed by atoms with E-state index in [1.54, 1.807) is 0 Å². The van der Waals surface area contributed by atoms with Gasteiger partial charge in [-0.05, 0) is 26.0 Å². The van der Waals surface area contributed by atoms with Crippen molar-refractivity contribution in [2.45, 2.75) is 13.8 Å². The number of allylic oxidation sites excluding steroid dienone is 2. The van der Waals surface area contributed by atoms with E-state index < -0.39 is 0 Å². The lowest BCUT2D eigenvalue weighted by Crippen LogP contribution is -2.13. The summed E-state index contributed by atoms with van der Waals surface area (Å²) in [6.45, 7) is 4.15. The Labute approximate surface area is 74.3 Å². The van der Waals surface area contributed by atoms with Crippen LogP contribution in [-0.2, 0) is 0 Å². The third kappa shape index (κ3) is 1.88. The Hall–Kier alpha value is -1.24. The summed E-state index contributed by atoms with van der Waals surface area (Å²) >= 11 is 0. The number of para-hydroxylation sites is 1. The second-order valence-electron chi connectivity index (χ2n) is 2.82. The van der Waals surface area contributed by atoms with E-state index in [1.165, 1.54) is 11.4 Å². The molecular formula is C11H15N. The molecule has 1 aromatic rings. The van der Waals surface area contributed by atoms with Crippen LogP contribution in [-0.4, -0.2) is 7.05 Å². The van der Waals surface area contributed by atoms with Crippen LogP contribution in [0.5, 0.6) is 0 Å². The fraction of sp³-hybridized carbons (Fsp3) is 0.273. The summed E-state index contributed by atoms with van der Waals surface area (Å²) in [7, 11) is 2.07. The van der Waals surface area contributed by atoms with E-state index in [4.69, 9.17) is 0 Å². The van der Waals surface area contributed by atoms with E-state index in [-0.39, 0.29) is 0 Å². The number of hydrogen-bond donors (Lipinski definition) is 0. The molecule has 1 heteroatoms. The quantitative estimate of drug-likeness (QED) is 0.644.